The van der Waals surface area contributed by atoms with E-state index >= 15 is 0 Å². The number of rotatable bonds is 14. The molecule has 8 unspecified atom stereocenters. The van der Waals surface area contributed by atoms with Gasteiger partial charge in [0, 0.05) is 22.6 Å². The Morgan fingerprint density at radius 3 is 1.59 bits per heavy atom. The number of methoxy groups -OCH3 is 2. The van der Waals surface area contributed by atoms with Gasteiger partial charge in [-0.2, -0.15) is 0 Å². The van der Waals surface area contributed by atoms with Gasteiger partial charge in [-0.15, -0.1) is 0 Å². The molecule has 1 aliphatic heterocycles. The molecule has 14 heteroatoms. The SMILES string of the molecule is CCC(C=O)OC(C=O)OC.CCC(CO)OC(CO)OC.CCC1OC(CC)C(O)C(O)C1O.[B].[H-].[Na+]. The zero-order chi connectivity index (χ0) is 27.4. The van der Waals surface area contributed by atoms with E-state index in [1.807, 2.05) is 20.8 Å². The van der Waals surface area contributed by atoms with Gasteiger partial charge >= 0.3 is 29.6 Å². The van der Waals surface area contributed by atoms with Crippen LogP contribution in [0, 0.1) is 0 Å². The smallest absolute Gasteiger partial charge is 1.00 e. The normalized spacial score (nSPS) is 25.8. The molecule has 0 aromatic heterocycles. The average Bonchev–Trinajstić information content (AvgIpc) is 2.90. The van der Waals surface area contributed by atoms with Crippen LogP contribution in [0.2, 0.25) is 0 Å². The van der Waals surface area contributed by atoms with Crippen molar-refractivity contribution in [1.29, 1.82) is 0 Å². The van der Waals surface area contributed by atoms with Crippen LogP contribution in [0.1, 0.15) is 54.8 Å². The molecule has 0 amide bonds. The molecule has 8 atom stereocenters. The Morgan fingerprint density at radius 2 is 1.32 bits per heavy atom. The number of aliphatic hydroxyl groups excluding tert-OH is 5. The molecule has 0 bridgehead atoms. The fourth-order valence-electron chi connectivity index (χ4n) is 2.90. The van der Waals surface area contributed by atoms with Crippen LogP contribution in [0.4, 0.5) is 0 Å². The van der Waals surface area contributed by atoms with E-state index < -0.39 is 37.0 Å². The van der Waals surface area contributed by atoms with Crippen LogP contribution < -0.4 is 29.6 Å². The van der Waals surface area contributed by atoms with Crippen molar-refractivity contribution < 1.29 is 89.8 Å². The minimum atomic E-state index is -1.08. The van der Waals surface area contributed by atoms with Gasteiger partial charge in [0.15, 0.2) is 12.6 Å². The maximum Gasteiger partial charge on any atom is 1.00 e. The van der Waals surface area contributed by atoms with E-state index in [1.165, 1.54) is 14.2 Å². The third-order valence-electron chi connectivity index (χ3n) is 5.24. The summed E-state index contributed by atoms with van der Waals surface area (Å²) in [5.74, 6) is 0. The van der Waals surface area contributed by atoms with Crippen LogP contribution in [0.5, 0.6) is 0 Å². The van der Waals surface area contributed by atoms with Gasteiger partial charge in [0.1, 0.15) is 30.7 Å². The first kappa shape index (κ1) is 44.0. The van der Waals surface area contributed by atoms with Gasteiger partial charge in [0.25, 0.3) is 0 Å². The minimum Gasteiger partial charge on any atom is -1.00 e. The van der Waals surface area contributed by atoms with E-state index in [2.05, 4.69) is 4.74 Å². The molecule has 1 fully saturated rings. The first-order valence-corrected chi connectivity index (χ1v) is 11.9. The van der Waals surface area contributed by atoms with Crippen molar-refractivity contribution in [3.8, 4) is 0 Å². The van der Waals surface area contributed by atoms with E-state index in [0.29, 0.717) is 38.3 Å². The molecule has 0 aliphatic carbocycles. The molecule has 0 saturated carbocycles. The second kappa shape index (κ2) is 27.6. The largest absolute Gasteiger partial charge is 1.00 e. The summed E-state index contributed by atoms with van der Waals surface area (Å²) in [6.45, 7) is 7.21. The zero-order valence-corrected chi connectivity index (χ0v) is 25.3. The Bertz CT molecular complexity index is 477. The van der Waals surface area contributed by atoms with E-state index in [-0.39, 0.29) is 70.9 Å². The van der Waals surface area contributed by atoms with Gasteiger partial charge in [-0.25, -0.2) is 0 Å². The van der Waals surface area contributed by atoms with Gasteiger partial charge in [-0.05, 0) is 25.7 Å². The summed E-state index contributed by atoms with van der Waals surface area (Å²) in [5.41, 5.74) is 0. The number of ether oxygens (including phenoxy) is 5. The maximum absolute atomic E-state index is 10.2. The molecule has 0 aromatic carbocycles. The quantitative estimate of drug-likeness (QED) is 0.0814. The van der Waals surface area contributed by atoms with E-state index in [0.717, 1.165) is 0 Å². The Hall–Kier alpha value is 0.00494. The number of hydrogen-bond acceptors (Lipinski definition) is 12. The van der Waals surface area contributed by atoms with Crippen LogP contribution in [-0.2, 0) is 33.3 Å². The van der Waals surface area contributed by atoms with Gasteiger partial charge in [0.05, 0.1) is 31.5 Å². The number of hydrogen-bond donors (Lipinski definition) is 5. The zero-order valence-electron chi connectivity index (χ0n) is 24.3. The van der Waals surface area contributed by atoms with E-state index in [1.54, 1.807) is 6.92 Å². The number of aldehydes is 2. The molecule has 1 saturated heterocycles. The Labute approximate surface area is 246 Å². The van der Waals surface area contributed by atoms with E-state index in [4.69, 9.17) is 29.2 Å². The van der Waals surface area contributed by atoms with Gasteiger partial charge < -0.3 is 55.4 Å². The second-order valence-corrected chi connectivity index (χ2v) is 7.66. The topological polar surface area (TPSA) is 181 Å². The van der Waals surface area contributed by atoms with E-state index in [9.17, 15) is 24.9 Å². The van der Waals surface area contributed by atoms with Crippen LogP contribution in [0.15, 0.2) is 0 Å². The predicted octanol–water partition coefficient (Wildman–Crippen LogP) is -3.72. The summed E-state index contributed by atoms with van der Waals surface area (Å²) >= 11 is 0. The molecular formula is C23H47BNaO12. The van der Waals surface area contributed by atoms with Gasteiger partial charge in [0.2, 0.25) is 6.29 Å². The standard InChI is InChI=1S/C9H18O4.C7H16O4.C7H12O4.B.Na.H/c1-3-5-7(10)9(12)8(11)6(4-2)13-5;2*1-3-6(4-8)11-7(5-9)10-2;;;/h5-12H,3-4H2,1-2H3;6-9H,3-5H2,1-2H3;4-7H,3H2,1-2H3;;;/q;;;;+1;-1. The Balaban J connectivity index is -0.000000139. The van der Waals surface area contributed by atoms with Crippen molar-refractivity contribution in [2.45, 2.75) is 109 Å². The van der Waals surface area contributed by atoms with Gasteiger partial charge in [-0.3, -0.25) is 4.79 Å². The molecule has 37 heavy (non-hydrogen) atoms. The molecule has 1 aliphatic rings. The second-order valence-electron chi connectivity index (χ2n) is 7.66. The number of carbonyl (C=O) groups is 2. The predicted molar refractivity (Wildman–Crippen MR) is 132 cm³/mol. The monoisotopic (exact) mass is 549 g/mol. The first-order valence-electron chi connectivity index (χ1n) is 11.9. The van der Waals surface area contributed by atoms with Crippen molar-refractivity contribution in [2.75, 3.05) is 27.4 Å². The minimum absolute atomic E-state index is 0. The third-order valence-corrected chi connectivity index (χ3v) is 5.24. The fraction of sp³-hybridized carbons (Fsp3) is 0.913. The molecule has 0 aromatic rings. The first-order chi connectivity index (χ1) is 16.7. The molecule has 0 spiro atoms. The summed E-state index contributed by atoms with van der Waals surface area (Å²) in [6, 6.07) is 0. The molecule has 1 rings (SSSR count). The third kappa shape index (κ3) is 18.1. The van der Waals surface area contributed by atoms with Crippen molar-refractivity contribution in [1.82, 2.24) is 0 Å². The average molecular weight is 549 g/mol. The summed E-state index contributed by atoms with van der Waals surface area (Å²) < 4.78 is 24.8. The Morgan fingerprint density at radius 1 is 0.811 bits per heavy atom. The summed E-state index contributed by atoms with van der Waals surface area (Å²) in [5, 5.41) is 45.8. The van der Waals surface area contributed by atoms with Crippen molar-refractivity contribution in [3.05, 3.63) is 0 Å². The molecule has 12 nitrogen and oxygen atoms in total. The molecule has 3 radical (unpaired) electrons. The van der Waals surface area contributed by atoms with Crippen LogP contribution in [0.25, 0.3) is 0 Å². The number of carbonyl (C=O) groups excluding carboxylic acids is 2. The Kier molecular flexibility index (Phi) is 32.8. The molecule has 5 N–H and O–H groups in total. The summed E-state index contributed by atoms with van der Waals surface area (Å²) in [6.07, 6.45) is -2.39. The fourth-order valence-corrected chi connectivity index (χ4v) is 2.90. The molecule has 1 heterocycles. The van der Waals surface area contributed by atoms with Crippen LogP contribution in [0.3, 0.4) is 0 Å². The van der Waals surface area contributed by atoms with Crippen LogP contribution in [-0.4, -0.2) is 129 Å². The van der Waals surface area contributed by atoms with Crippen molar-refractivity contribution in [2.24, 2.45) is 0 Å². The number of aliphatic hydroxyl groups is 5. The molecular weight excluding hydrogens is 502 g/mol. The van der Waals surface area contributed by atoms with Crippen LogP contribution >= 0.6 is 0 Å². The summed E-state index contributed by atoms with van der Waals surface area (Å²) in [7, 11) is 2.79. The molecule has 215 valence electrons. The summed E-state index contributed by atoms with van der Waals surface area (Å²) in [4.78, 5) is 20.3. The maximum atomic E-state index is 10.2. The van der Waals surface area contributed by atoms with Crippen molar-refractivity contribution >= 4 is 21.0 Å². The van der Waals surface area contributed by atoms with Crippen molar-refractivity contribution in [3.63, 3.8) is 0 Å². The van der Waals surface area contributed by atoms with Gasteiger partial charge in [-0.1, -0.05) is 27.7 Å².